The molecule has 2 rings (SSSR count). The molecule has 1 aromatic carbocycles. The average molecular weight is 462 g/mol. The molecule has 0 radical (unpaired) electrons. The number of hydrogen-bond donors (Lipinski definition) is 5. The van der Waals surface area contributed by atoms with Crippen LogP contribution in [0.4, 0.5) is 0 Å². The van der Waals surface area contributed by atoms with Gasteiger partial charge in [0, 0.05) is 12.3 Å². The van der Waals surface area contributed by atoms with Gasteiger partial charge in [-0.15, -0.1) is 0 Å². The van der Waals surface area contributed by atoms with Crippen LogP contribution in [0.1, 0.15) is 25.3 Å². The van der Waals surface area contributed by atoms with Gasteiger partial charge >= 0.3 is 0 Å². The van der Waals surface area contributed by atoms with Gasteiger partial charge in [-0.1, -0.05) is 30.3 Å². The Hall–Kier alpha value is -3.31. The summed E-state index contributed by atoms with van der Waals surface area (Å²) < 4.78 is 5.47. The smallest absolute Gasteiger partial charge is 0.243 e. The van der Waals surface area contributed by atoms with Gasteiger partial charge in [-0.05, 0) is 25.3 Å². The Kier molecular flexibility index (Phi) is 10.4. The van der Waals surface area contributed by atoms with Gasteiger partial charge in [0.1, 0.15) is 18.6 Å². The van der Waals surface area contributed by atoms with Crippen LogP contribution in [-0.4, -0.2) is 67.9 Å². The van der Waals surface area contributed by atoms with Crippen LogP contribution in [0.5, 0.6) is 0 Å². The first kappa shape index (κ1) is 25.9. The standard InChI is InChI=1S/C22H31N5O6/c1-14(28)16-8-17(9-16)33-13-26-20(30)11-25-22(32)18(7-15-5-3-2-4-6-15)27-21(31)12-24-19(29)10-23/h2-6,16-18H,7-13,23H2,1H3,(H,24,29)(H,25,32)(H,26,30)(H,27,31)/t16?,17?,18-/m0/s1. The molecule has 180 valence electrons. The summed E-state index contributed by atoms with van der Waals surface area (Å²) in [5.74, 6) is -1.88. The maximum Gasteiger partial charge on any atom is 0.243 e. The largest absolute Gasteiger partial charge is 0.358 e. The molecule has 11 nitrogen and oxygen atoms in total. The molecule has 0 aliphatic heterocycles. The molecule has 11 heteroatoms. The highest BCUT2D eigenvalue weighted by molar-refractivity contribution is 5.92. The number of nitrogens with one attached hydrogen (secondary N) is 4. The van der Waals surface area contributed by atoms with Crippen molar-refractivity contribution in [2.24, 2.45) is 11.7 Å². The van der Waals surface area contributed by atoms with Crippen LogP contribution in [0.15, 0.2) is 30.3 Å². The minimum atomic E-state index is -0.947. The fourth-order valence-corrected chi connectivity index (χ4v) is 3.18. The Bertz CT molecular complexity index is 841. The first-order chi connectivity index (χ1) is 15.8. The molecule has 0 spiro atoms. The van der Waals surface area contributed by atoms with Gasteiger partial charge in [0.25, 0.3) is 0 Å². The minimum absolute atomic E-state index is 0.0188. The molecule has 4 amide bonds. The van der Waals surface area contributed by atoms with Crippen LogP contribution in [0, 0.1) is 5.92 Å². The van der Waals surface area contributed by atoms with E-state index < -0.39 is 29.7 Å². The molecule has 0 unspecified atom stereocenters. The summed E-state index contributed by atoms with van der Waals surface area (Å²) in [6.07, 6.45) is 1.44. The SMILES string of the molecule is CC(=O)C1CC(OCNC(=O)CNC(=O)[C@H](Cc2ccccc2)NC(=O)CNC(=O)CN)C1. The molecule has 0 heterocycles. The van der Waals surface area contributed by atoms with Crippen molar-refractivity contribution < 1.29 is 28.7 Å². The number of carbonyl (C=O) groups excluding carboxylic acids is 5. The van der Waals surface area contributed by atoms with E-state index in [4.69, 9.17) is 10.5 Å². The molecule has 1 saturated carbocycles. The molecule has 1 aliphatic rings. The Balaban J connectivity index is 1.78. The number of benzene rings is 1. The first-order valence-corrected chi connectivity index (χ1v) is 10.7. The maximum absolute atomic E-state index is 12.6. The number of Topliss-reactive ketones (excluding diaryl/α,β-unsaturated/α-hetero) is 1. The highest BCUT2D eigenvalue weighted by atomic mass is 16.5. The molecule has 33 heavy (non-hydrogen) atoms. The van der Waals surface area contributed by atoms with Crippen molar-refractivity contribution in [1.82, 2.24) is 21.3 Å². The molecule has 1 atom stereocenters. The third-order valence-corrected chi connectivity index (χ3v) is 5.25. The van der Waals surface area contributed by atoms with Crippen molar-refractivity contribution in [3.8, 4) is 0 Å². The van der Waals surface area contributed by atoms with Gasteiger partial charge in [-0.25, -0.2) is 0 Å². The molecular weight excluding hydrogens is 430 g/mol. The Morgan fingerprint density at radius 3 is 2.27 bits per heavy atom. The summed E-state index contributed by atoms with van der Waals surface area (Å²) in [6.45, 7) is 0.661. The first-order valence-electron chi connectivity index (χ1n) is 10.7. The quantitative estimate of drug-likeness (QED) is 0.220. The van der Waals surface area contributed by atoms with E-state index in [9.17, 15) is 24.0 Å². The number of amides is 4. The van der Waals surface area contributed by atoms with Crippen LogP contribution >= 0.6 is 0 Å². The predicted molar refractivity (Wildman–Crippen MR) is 118 cm³/mol. The lowest BCUT2D eigenvalue weighted by atomic mass is 9.80. The number of carbonyl (C=O) groups is 5. The van der Waals surface area contributed by atoms with Crippen molar-refractivity contribution in [2.45, 2.75) is 38.3 Å². The highest BCUT2D eigenvalue weighted by Gasteiger charge is 2.32. The second-order valence-electron chi connectivity index (χ2n) is 7.82. The lowest BCUT2D eigenvalue weighted by Crippen LogP contribution is -2.52. The molecule has 6 N–H and O–H groups in total. The van der Waals surface area contributed by atoms with Crippen LogP contribution in [-0.2, 0) is 35.1 Å². The van der Waals surface area contributed by atoms with E-state index in [0.29, 0.717) is 12.8 Å². The van der Waals surface area contributed by atoms with Crippen LogP contribution in [0.25, 0.3) is 0 Å². The van der Waals surface area contributed by atoms with Crippen molar-refractivity contribution in [1.29, 1.82) is 0 Å². The summed E-state index contributed by atoms with van der Waals surface area (Å²) in [7, 11) is 0. The van der Waals surface area contributed by atoms with Gasteiger partial charge in [0.05, 0.1) is 25.7 Å². The summed E-state index contributed by atoms with van der Waals surface area (Å²) >= 11 is 0. The summed E-state index contributed by atoms with van der Waals surface area (Å²) in [4.78, 5) is 59.2. The lowest BCUT2D eigenvalue weighted by molar-refractivity contribution is -0.133. The number of hydrogen-bond acceptors (Lipinski definition) is 7. The second-order valence-corrected chi connectivity index (χ2v) is 7.82. The number of nitrogens with two attached hydrogens (primary N) is 1. The molecule has 0 saturated heterocycles. The number of rotatable bonds is 13. The zero-order valence-electron chi connectivity index (χ0n) is 18.6. The predicted octanol–water partition coefficient (Wildman–Crippen LogP) is -1.64. The van der Waals surface area contributed by atoms with Gasteiger partial charge in [0.2, 0.25) is 23.6 Å². The molecule has 0 aromatic heterocycles. The monoisotopic (exact) mass is 461 g/mol. The minimum Gasteiger partial charge on any atom is -0.358 e. The lowest BCUT2D eigenvalue weighted by Gasteiger charge is -2.33. The summed E-state index contributed by atoms with van der Waals surface area (Å²) in [5, 5.41) is 9.94. The van der Waals surface area contributed by atoms with Crippen LogP contribution < -0.4 is 27.0 Å². The second kappa shape index (κ2) is 13.3. The van der Waals surface area contributed by atoms with E-state index >= 15 is 0 Å². The van der Waals surface area contributed by atoms with Gasteiger partial charge in [0.15, 0.2) is 0 Å². The molecule has 1 aliphatic carbocycles. The van der Waals surface area contributed by atoms with E-state index in [2.05, 4.69) is 21.3 Å². The topological polar surface area (TPSA) is 169 Å². The third kappa shape index (κ3) is 9.38. The Morgan fingerprint density at radius 1 is 0.970 bits per heavy atom. The maximum atomic E-state index is 12.6. The van der Waals surface area contributed by atoms with E-state index in [0.717, 1.165) is 5.56 Å². The molecular formula is C22H31N5O6. The summed E-state index contributed by atoms with van der Waals surface area (Å²) in [6, 6.07) is 8.12. The van der Waals surface area contributed by atoms with Crippen LogP contribution in [0.2, 0.25) is 0 Å². The highest BCUT2D eigenvalue weighted by Crippen LogP contribution is 2.30. The number of ether oxygens (including phenoxy) is 1. The number of ketones is 1. The van der Waals surface area contributed by atoms with Crippen molar-refractivity contribution >= 4 is 29.4 Å². The fraction of sp³-hybridized carbons (Fsp3) is 0.500. The van der Waals surface area contributed by atoms with E-state index in [1.807, 2.05) is 30.3 Å². The van der Waals surface area contributed by atoms with E-state index in [1.54, 1.807) is 6.92 Å². The molecule has 1 fully saturated rings. The zero-order valence-corrected chi connectivity index (χ0v) is 18.6. The molecule has 1 aromatic rings. The van der Waals surface area contributed by atoms with Crippen LogP contribution in [0.3, 0.4) is 0 Å². The van der Waals surface area contributed by atoms with Gasteiger partial charge in [-0.2, -0.15) is 0 Å². The van der Waals surface area contributed by atoms with Crippen molar-refractivity contribution in [3.05, 3.63) is 35.9 Å². The summed E-state index contributed by atoms with van der Waals surface area (Å²) in [5.41, 5.74) is 6.00. The van der Waals surface area contributed by atoms with Gasteiger partial charge < -0.3 is 31.7 Å². The third-order valence-electron chi connectivity index (χ3n) is 5.25. The Morgan fingerprint density at radius 2 is 1.64 bits per heavy atom. The van der Waals surface area contributed by atoms with E-state index in [-0.39, 0.29) is 50.6 Å². The normalized spacial score (nSPS) is 17.8. The van der Waals surface area contributed by atoms with E-state index in [1.165, 1.54) is 0 Å². The van der Waals surface area contributed by atoms with Crippen molar-refractivity contribution in [2.75, 3.05) is 26.4 Å². The fourth-order valence-electron chi connectivity index (χ4n) is 3.18. The Labute approximate surface area is 192 Å². The van der Waals surface area contributed by atoms with Gasteiger partial charge in [-0.3, -0.25) is 24.0 Å². The zero-order chi connectivity index (χ0) is 24.2. The average Bonchev–Trinajstić information content (AvgIpc) is 2.77. The van der Waals surface area contributed by atoms with Crippen molar-refractivity contribution in [3.63, 3.8) is 0 Å². The molecule has 0 bridgehead atoms.